The van der Waals surface area contributed by atoms with Gasteiger partial charge in [-0.3, -0.25) is 0 Å². The van der Waals surface area contributed by atoms with Crippen molar-refractivity contribution in [2.75, 3.05) is 13.2 Å². The van der Waals surface area contributed by atoms with Crippen LogP contribution in [0, 0.1) is 0 Å². The van der Waals surface area contributed by atoms with Crippen LogP contribution >= 0.6 is 0 Å². The van der Waals surface area contributed by atoms with E-state index in [4.69, 9.17) is 9.57 Å². The molecular weight excluding hydrogens is 242 g/mol. The van der Waals surface area contributed by atoms with E-state index in [2.05, 4.69) is 24.2 Å². The molecule has 0 atom stereocenters. The first-order chi connectivity index (χ1) is 9.27. The minimum absolute atomic E-state index is 0.317. The average Bonchev–Trinajstić information content (AvgIpc) is 2.81. The molecule has 0 unspecified atom stereocenters. The molecule has 0 N–H and O–H groups in total. The Balaban J connectivity index is 1.66. The third-order valence-electron chi connectivity index (χ3n) is 2.77. The van der Waals surface area contributed by atoms with E-state index >= 15 is 0 Å². The zero-order valence-corrected chi connectivity index (χ0v) is 11.6. The zero-order valence-electron chi connectivity index (χ0n) is 11.6. The highest BCUT2D eigenvalue weighted by molar-refractivity contribution is 5.73. The zero-order chi connectivity index (χ0) is 13.5. The minimum atomic E-state index is 0.317. The predicted molar refractivity (Wildman–Crippen MR) is 73.9 cm³/mol. The van der Waals surface area contributed by atoms with Crippen LogP contribution in [-0.2, 0) is 4.74 Å². The molecule has 0 aliphatic rings. The molecule has 5 nitrogen and oxygen atoms in total. The Hall–Kier alpha value is -1.62. The third-order valence-corrected chi connectivity index (χ3v) is 2.77. The molecule has 0 saturated heterocycles. The van der Waals surface area contributed by atoms with Crippen molar-refractivity contribution >= 4 is 11.0 Å². The van der Waals surface area contributed by atoms with Gasteiger partial charge in [-0.2, -0.15) is 0 Å². The van der Waals surface area contributed by atoms with E-state index in [-0.39, 0.29) is 0 Å². The summed E-state index contributed by atoms with van der Waals surface area (Å²) in [6, 6.07) is 7.77. The highest BCUT2D eigenvalue weighted by atomic mass is 16.7. The molecule has 1 heterocycles. The summed E-state index contributed by atoms with van der Waals surface area (Å²) in [6.45, 7) is 5.58. The maximum atomic E-state index is 5.59. The van der Waals surface area contributed by atoms with Gasteiger partial charge in [-0.25, -0.2) is 0 Å². The Morgan fingerprint density at radius 2 is 1.89 bits per heavy atom. The largest absolute Gasteiger partial charge is 0.395 e. The van der Waals surface area contributed by atoms with Crippen LogP contribution in [0.2, 0.25) is 0 Å². The summed E-state index contributed by atoms with van der Waals surface area (Å²) >= 11 is 0. The molecule has 5 heteroatoms. The second-order valence-electron chi connectivity index (χ2n) is 4.76. The first-order valence-corrected chi connectivity index (χ1v) is 6.82. The summed E-state index contributed by atoms with van der Waals surface area (Å²) in [5, 5.41) is 8.01. The molecule has 1 aromatic carbocycles. The number of para-hydroxylation sites is 1. The molecule has 2 aromatic rings. The lowest BCUT2D eigenvalue weighted by molar-refractivity contribution is 0.0670. The van der Waals surface area contributed by atoms with Gasteiger partial charge in [0, 0.05) is 6.61 Å². The van der Waals surface area contributed by atoms with Crippen molar-refractivity contribution in [2.45, 2.75) is 39.2 Å². The van der Waals surface area contributed by atoms with Gasteiger partial charge in [0.05, 0.1) is 6.10 Å². The first kappa shape index (κ1) is 13.8. The molecule has 19 heavy (non-hydrogen) atoms. The maximum absolute atomic E-state index is 5.59. The van der Waals surface area contributed by atoms with Gasteiger partial charge in [-0.05, 0) is 50.5 Å². The number of unbranched alkanes of at least 4 members (excludes halogenated alkanes) is 2. The fourth-order valence-corrected chi connectivity index (χ4v) is 1.79. The van der Waals surface area contributed by atoms with Crippen LogP contribution in [0.4, 0.5) is 0 Å². The molecule has 0 aliphatic heterocycles. The van der Waals surface area contributed by atoms with Gasteiger partial charge in [0.25, 0.3) is 0 Å². The lowest BCUT2D eigenvalue weighted by Gasteiger charge is -2.07. The summed E-state index contributed by atoms with van der Waals surface area (Å²) in [5.74, 6) is 0. The number of fused-ring (bicyclic) bond motifs is 1. The van der Waals surface area contributed by atoms with E-state index in [0.29, 0.717) is 12.7 Å². The van der Waals surface area contributed by atoms with Gasteiger partial charge in [-0.15, -0.1) is 5.10 Å². The monoisotopic (exact) mass is 263 g/mol. The fourth-order valence-electron chi connectivity index (χ4n) is 1.79. The van der Waals surface area contributed by atoms with Gasteiger partial charge in [0.1, 0.15) is 17.6 Å². The number of benzene rings is 1. The summed E-state index contributed by atoms with van der Waals surface area (Å²) in [5.41, 5.74) is 1.76. The molecule has 104 valence electrons. The van der Waals surface area contributed by atoms with E-state index in [9.17, 15) is 0 Å². The highest BCUT2D eigenvalue weighted by Gasteiger charge is 2.03. The van der Waals surface area contributed by atoms with E-state index < -0.39 is 0 Å². The lowest BCUT2D eigenvalue weighted by Crippen LogP contribution is -2.14. The number of aromatic nitrogens is 3. The molecule has 0 spiro atoms. The summed E-state index contributed by atoms with van der Waals surface area (Å²) in [6.07, 6.45) is 3.48. The smallest absolute Gasteiger partial charge is 0.130 e. The Bertz CT molecular complexity index is 496. The highest BCUT2D eigenvalue weighted by Crippen LogP contribution is 2.08. The van der Waals surface area contributed by atoms with Crippen LogP contribution in [0.3, 0.4) is 0 Å². The molecule has 0 bridgehead atoms. The number of nitrogens with zero attached hydrogens (tertiary/aromatic N) is 3. The van der Waals surface area contributed by atoms with Crippen molar-refractivity contribution in [1.29, 1.82) is 0 Å². The van der Waals surface area contributed by atoms with Crippen molar-refractivity contribution in [2.24, 2.45) is 0 Å². The SMILES string of the molecule is CC(C)OCCCCCOn1nnc2ccccc21. The molecule has 2 rings (SSSR count). The third kappa shape index (κ3) is 4.21. The maximum Gasteiger partial charge on any atom is 0.130 e. The number of hydrogen-bond acceptors (Lipinski definition) is 4. The van der Waals surface area contributed by atoms with Gasteiger partial charge >= 0.3 is 0 Å². The van der Waals surface area contributed by atoms with Crippen molar-refractivity contribution in [1.82, 2.24) is 15.2 Å². The van der Waals surface area contributed by atoms with Crippen LogP contribution in [0.1, 0.15) is 33.1 Å². The van der Waals surface area contributed by atoms with Crippen molar-refractivity contribution in [3.05, 3.63) is 24.3 Å². The quantitative estimate of drug-likeness (QED) is 0.686. The van der Waals surface area contributed by atoms with E-state index in [1.54, 1.807) is 0 Å². The van der Waals surface area contributed by atoms with Crippen molar-refractivity contribution in [3.63, 3.8) is 0 Å². The van der Waals surface area contributed by atoms with E-state index in [1.807, 2.05) is 24.3 Å². The summed E-state index contributed by atoms with van der Waals surface area (Å²) < 4.78 is 5.48. The Labute approximate surface area is 113 Å². The van der Waals surface area contributed by atoms with Crippen LogP contribution < -0.4 is 4.84 Å². The summed E-state index contributed by atoms with van der Waals surface area (Å²) in [4.78, 5) is 7.09. The van der Waals surface area contributed by atoms with Crippen LogP contribution in [0.15, 0.2) is 24.3 Å². The normalized spacial score (nSPS) is 11.3. The van der Waals surface area contributed by atoms with Crippen molar-refractivity contribution in [3.8, 4) is 0 Å². The first-order valence-electron chi connectivity index (χ1n) is 6.82. The molecule has 0 aliphatic carbocycles. The fraction of sp³-hybridized carbons (Fsp3) is 0.571. The molecule has 0 fully saturated rings. The van der Waals surface area contributed by atoms with E-state index in [0.717, 1.165) is 36.9 Å². The van der Waals surface area contributed by atoms with Gasteiger partial charge in [0.2, 0.25) is 0 Å². The van der Waals surface area contributed by atoms with Gasteiger partial charge in [-0.1, -0.05) is 17.0 Å². The standard InChI is InChI=1S/C14H21N3O2/c1-12(2)18-10-6-3-7-11-19-17-14-9-5-4-8-13(14)15-16-17/h4-5,8-9,12H,3,6-7,10-11H2,1-2H3. The topological polar surface area (TPSA) is 49.2 Å². The number of hydrogen-bond donors (Lipinski definition) is 0. The predicted octanol–water partition coefficient (Wildman–Crippen LogP) is 2.46. The Morgan fingerprint density at radius 3 is 2.74 bits per heavy atom. The Kier molecular flexibility index (Phi) is 5.15. The number of rotatable bonds is 8. The Morgan fingerprint density at radius 1 is 1.11 bits per heavy atom. The average molecular weight is 263 g/mol. The molecular formula is C14H21N3O2. The van der Waals surface area contributed by atoms with Gasteiger partial charge in [0.15, 0.2) is 0 Å². The van der Waals surface area contributed by atoms with E-state index in [1.165, 1.54) is 4.85 Å². The second kappa shape index (κ2) is 7.09. The molecule has 1 aromatic heterocycles. The second-order valence-corrected chi connectivity index (χ2v) is 4.76. The lowest BCUT2D eigenvalue weighted by atomic mass is 10.2. The number of ether oxygens (including phenoxy) is 1. The van der Waals surface area contributed by atoms with Gasteiger partial charge < -0.3 is 9.57 Å². The molecule has 0 saturated carbocycles. The van der Waals surface area contributed by atoms with Crippen molar-refractivity contribution < 1.29 is 9.57 Å². The van der Waals surface area contributed by atoms with Crippen LogP contribution in [-0.4, -0.2) is 34.5 Å². The minimum Gasteiger partial charge on any atom is -0.395 e. The molecule has 0 amide bonds. The summed E-state index contributed by atoms with van der Waals surface area (Å²) in [7, 11) is 0. The van der Waals surface area contributed by atoms with Crippen LogP contribution in [0.5, 0.6) is 0 Å². The molecule has 0 radical (unpaired) electrons. The van der Waals surface area contributed by atoms with Crippen LogP contribution in [0.25, 0.3) is 11.0 Å².